The fraction of sp³-hybridized carbons (Fsp3) is 0.300. The summed E-state index contributed by atoms with van der Waals surface area (Å²) < 4.78 is 5.02. The summed E-state index contributed by atoms with van der Waals surface area (Å²) in [5.74, 6) is 0.529. The molecule has 1 aliphatic rings. The lowest BCUT2D eigenvalue weighted by atomic mass is 9.83. The van der Waals surface area contributed by atoms with Gasteiger partial charge in [0.25, 0.3) is 5.91 Å². The molecule has 1 saturated carbocycles. The Morgan fingerprint density at radius 1 is 1.16 bits per heavy atom. The van der Waals surface area contributed by atoms with Gasteiger partial charge in [-0.15, -0.1) is 0 Å². The van der Waals surface area contributed by atoms with Gasteiger partial charge in [0.1, 0.15) is 0 Å². The third-order valence-corrected chi connectivity index (χ3v) is 4.59. The highest BCUT2D eigenvalue weighted by Crippen LogP contribution is 2.31. The third kappa shape index (κ3) is 4.18. The van der Waals surface area contributed by atoms with Gasteiger partial charge in [0, 0.05) is 11.3 Å². The van der Waals surface area contributed by atoms with E-state index in [0.717, 1.165) is 31.4 Å². The molecule has 2 aromatic carbocycles. The molecule has 0 aliphatic heterocycles. The van der Waals surface area contributed by atoms with Crippen molar-refractivity contribution in [3.8, 4) is 11.5 Å². The zero-order chi connectivity index (χ0) is 17.6. The number of benzene rings is 2. The SMILES string of the molecule is COc1cc(C(=O)NN=C2CCC(c3ccccc3)CC2)ccc1O. The van der Waals surface area contributed by atoms with Crippen LogP contribution >= 0.6 is 0 Å². The minimum absolute atomic E-state index is 0.00426. The number of nitrogens with one attached hydrogen (secondary N) is 1. The van der Waals surface area contributed by atoms with E-state index in [1.54, 1.807) is 6.07 Å². The first-order valence-electron chi connectivity index (χ1n) is 8.45. The largest absolute Gasteiger partial charge is 0.504 e. The van der Waals surface area contributed by atoms with Gasteiger partial charge in [-0.3, -0.25) is 4.79 Å². The maximum Gasteiger partial charge on any atom is 0.271 e. The molecule has 0 atom stereocenters. The van der Waals surface area contributed by atoms with Crippen molar-refractivity contribution in [2.45, 2.75) is 31.6 Å². The van der Waals surface area contributed by atoms with E-state index in [4.69, 9.17) is 4.74 Å². The number of methoxy groups -OCH3 is 1. The van der Waals surface area contributed by atoms with Crippen LogP contribution in [0.2, 0.25) is 0 Å². The molecule has 1 amide bonds. The van der Waals surface area contributed by atoms with Crippen LogP contribution in [-0.2, 0) is 0 Å². The summed E-state index contributed by atoms with van der Waals surface area (Å²) in [6, 6.07) is 15.0. The van der Waals surface area contributed by atoms with Crippen molar-refractivity contribution in [1.82, 2.24) is 5.43 Å². The molecule has 130 valence electrons. The lowest BCUT2D eigenvalue weighted by molar-refractivity contribution is 0.0954. The van der Waals surface area contributed by atoms with Crippen molar-refractivity contribution in [3.05, 3.63) is 59.7 Å². The number of hydrazone groups is 1. The standard InChI is InChI=1S/C20H22N2O3/c1-25-19-13-16(9-12-18(19)23)20(24)22-21-17-10-7-15(8-11-17)14-5-3-2-4-6-14/h2-6,9,12-13,15,23H,7-8,10-11H2,1H3,(H,22,24). The Kier molecular flexibility index (Phi) is 5.33. The molecule has 0 heterocycles. The average molecular weight is 338 g/mol. The number of carbonyl (C=O) groups excluding carboxylic acids is 1. The number of hydrogen-bond donors (Lipinski definition) is 2. The van der Waals surface area contributed by atoms with E-state index in [9.17, 15) is 9.90 Å². The molecular formula is C20H22N2O3. The summed E-state index contributed by atoms with van der Waals surface area (Å²) in [4.78, 5) is 12.2. The first-order valence-corrected chi connectivity index (χ1v) is 8.45. The van der Waals surface area contributed by atoms with Gasteiger partial charge in [0.05, 0.1) is 7.11 Å². The van der Waals surface area contributed by atoms with Crippen LogP contribution in [0.25, 0.3) is 0 Å². The normalized spacial score (nSPS) is 17.0. The van der Waals surface area contributed by atoms with Gasteiger partial charge in [-0.1, -0.05) is 30.3 Å². The maximum absolute atomic E-state index is 12.2. The van der Waals surface area contributed by atoms with E-state index in [-0.39, 0.29) is 17.4 Å². The molecule has 0 bridgehead atoms. The van der Waals surface area contributed by atoms with Crippen LogP contribution in [0, 0.1) is 0 Å². The van der Waals surface area contributed by atoms with Crippen molar-refractivity contribution in [3.63, 3.8) is 0 Å². The molecule has 0 saturated heterocycles. The van der Waals surface area contributed by atoms with Crippen LogP contribution in [0.5, 0.6) is 11.5 Å². The van der Waals surface area contributed by atoms with Crippen molar-refractivity contribution >= 4 is 11.6 Å². The minimum Gasteiger partial charge on any atom is -0.504 e. The van der Waals surface area contributed by atoms with Crippen LogP contribution in [0.3, 0.4) is 0 Å². The van der Waals surface area contributed by atoms with Gasteiger partial charge in [-0.25, -0.2) is 5.43 Å². The Labute approximate surface area is 147 Å². The molecule has 3 rings (SSSR count). The highest BCUT2D eigenvalue weighted by atomic mass is 16.5. The van der Waals surface area contributed by atoms with Gasteiger partial charge < -0.3 is 9.84 Å². The topological polar surface area (TPSA) is 70.9 Å². The number of phenolic OH excluding ortho intramolecular Hbond substituents is 1. The molecule has 1 aliphatic carbocycles. The smallest absolute Gasteiger partial charge is 0.271 e. The lowest BCUT2D eigenvalue weighted by Crippen LogP contribution is -2.22. The molecule has 0 spiro atoms. The number of nitrogens with zero attached hydrogens (tertiary/aromatic N) is 1. The second kappa shape index (κ2) is 7.83. The van der Waals surface area contributed by atoms with Gasteiger partial charge in [-0.05, 0) is 55.4 Å². The Morgan fingerprint density at radius 3 is 2.56 bits per heavy atom. The number of rotatable bonds is 4. The van der Waals surface area contributed by atoms with E-state index >= 15 is 0 Å². The summed E-state index contributed by atoms with van der Waals surface area (Å²) in [5.41, 5.74) is 5.40. The Hall–Kier alpha value is -2.82. The fourth-order valence-corrected chi connectivity index (χ4v) is 3.13. The van der Waals surface area contributed by atoms with Crippen LogP contribution in [-0.4, -0.2) is 23.8 Å². The van der Waals surface area contributed by atoms with E-state index < -0.39 is 0 Å². The van der Waals surface area contributed by atoms with E-state index in [0.29, 0.717) is 11.5 Å². The second-order valence-corrected chi connectivity index (χ2v) is 6.19. The van der Waals surface area contributed by atoms with Crippen LogP contribution in [0.15, 0.2) is 53.6 Å². The first-order chi connectivity index (χ1) is 12.2. The maximum atomic E-state index is 12.2. The van der Waals surface area contributed by atoms with Crippen molar-refractivity contribution < 1.29 is 14.6 Å². The van der Waals surface area contributed by atoms with Crippen molar-refractivity contribution in [2.75, 3.05) is 7.11 Å². The molecule has 0 unspecified atom stereocenters. The zero-order valence-electron chi connectivity index (χ0n) is 14.2. The quantitative estimate of drug-likeness (QED) is 0.832. The van der Waals surface area contributed by atoms with Gasteiger partial charge in [0.15, 0.2) is 11.5 Å². The molecule has 0 radical (unpaired) electrons. The summed E-state index contributed by atoms with van der Waals surface area (Å²) in [6.07, 6.45) is 3.87. The molecule has 1 fully saturated rings. The fourth-order valence-electron chi connectivity index (χ4n) is 3.13. The summed E-state index contributed by atoms with van der Waals surface area (Å²) >= 11 is 0. The Balaban J connectivity index is 1.57. The van der Waals surface area contributed by atoms with E-state index in [1.165, 1.54) is 24.8 Å². The van der Waals surface area contributed by atoms with E-state index in [1.807, 2.05) is 6.07 Å². The summed E-state index contributed by atoms with van der Waals surface area (Å²) in [7, 11) is 1.45. The monoisotopic (exact) mass is 338 g/mol. The first kappa shape index (κ1) is 17.0. The predicted molar refractivity (Wildman–Crippen MR) is 97.2 cm³/mol. The van der Waals surface area contributed by atoms with Gasteiger partial charge in [-0.2, -0.15) is 5.10 Å². The van der Waals surface area contributed by atoms with Gasteiger partial charge in [0.2, 0.25) is 0 Å². The van der Waals surface area contributed by atoms with Crippen LogP contribution in [0.4, 0.5) is 0 Å². The Bertz CT molecular complexity index is 762. The molecule has 0 aromatic heterocycles. The second-order valence-electron chi connectivity index (χ2n) is 6.19. The number of hydrogen-bond acceptors (Lipinski definition) is 4. The molecule has 2 aromatic rings. The molecular weight excluding hydrogens is 316 g/mol. The predicted octanol–water partition coefficient (Wildman–Crippen LogP) is 3.84. The van der Waals surface area contributed by atoms with Crippen molar-refractivity contribution in [2.24, 2.45) is 5.10 Å². The van der Waals surface area contributed by atoms with Crippen molar-refractivity contribution in [1.29, 1.82) is 0 Å². The minimum atomic E-state index is -0.309. The highest BCUT2D eigenvalue weighted by molar-refractivity contribution is 5.96. The number of amides is 1. The van der Waals surface area contributed by atoms with Crippen LogP contribution < -0.4 is 10.2 Å². The zero-order valence-corrected chi connectivity index (χ0v) is 14.2. The summed E-state index contributed by atoms with van der Waals surface area (Å²) in [6.45, 7) is 0. The van der Waals surface area contributed by atoms with E-state index in [2.05, 4.69) is 34.8 Å². The summed E-state index contributed by atoms with van der Waals surface area (Å²) in [5, 5.41) is 13.9. The number of ether oxygens (including phenoxy) is 1. The number of phenols is 1. The number of carbonyl (C=O) groups is 1. The number of aromatic hydroxyl groups is 1. The van der Waals surface area contributed by atoms with Crippen LogP contribution in [0.1, 0.15) is 47.5 Å². The van der Waals surface area contributed by atoms with Gasteiger partial charge >= 0.3 is 0 Å². The Morgan fingerprint density at radius 2 is 1.88 bits per heavy atom. The average Bonchev–Trinajstić information content (AvgIpc) is 2.67. The molecule has 5 heteroatoms. The molecule has 2 N–H and O–H groups in total. The highest BCUT2D eigenvalue weighted by Gasteiger charge is 2.19. The molecule has 5 nitrogen and oxygen atoms in total. The molecule has 25 heavy (non-hydrogen) atoms. The third-order valence-electron chi connectivity index (χ3n) is 4.59. The lowest BCUT2D eigenvalue weighted by Gasteiger charge is -2.23.